The molecule has 1 aliphatic heterocycles. The van der Waals surface area contributed by atoms with E-state index in [2.05, 4.69) is 10.3 Å². The molecule has 2 amide bonds. The number of nitrogens with two attached hydrogens (primary N) is 1. The van der Waals surface area contributed by atoms with Crippen molar-refractivity contribution in [3.63, 3.8) is 0 Å². The molecule has 3 N–H and O–H groups in total. The smallest absolute Gasteiger partial charge is 0.404 e. The number of anilines is 1. The first-order valence-electron chi connectivity index (χ1n) is 9.81. The topological polar surface area (TPSA) is 112 Å². The molecule has 0 radical (unpaired) electrons. The minimum absolute atomic E-state index is 0.00580. The van der Waals surface area contributed by atoms with Crippen LogP contribution in [0.1, 0.15) is 27.4 Å². The van der Waals surface area contributed by atoms with Crippen LogP contribution in [0.3, 0.4) is 0 Å². The number of hydrogen-bond donors (Lipinski definition) is 2. The molecule has 0 bridgehead atoms. The van der Waals surface area contributed by atoms with Crippen LogP contribution in [0.2, 0.25) is 0 Å². The number of aliphatic imine (C=N–C) groups is 1. The van der Waals surface area contributed by atoms with Gasteiger partial charge in [-0.15, -0.1) is 0 Å². The third kappa shape index (κ3) is 5.03. The summed E-state index contributed by atoms with van der Waals surface area (Å²) in [6.45, 7) is -1.58. The van der Waals surface area contributed by atoms with E-state index in [1.54, 1.807) is 24.3 Å². The highest BCUT2D eigenvalue weighted by Crippen LogP contribution is 2.38. The predicted octanol–water partition coefficient (Wildman–Crippen LogP) is 3.21. The molecule has 0 saturated heterocycles. The number of benzene rings is 2. The molecule has 1 heterocycles. The summed E-state index contributed by atoms with van der Waals surface area (Å²) in [4.78, 5) is 31.0. The molecule has 2 atom stereocenters. The van der Waals surface area contributed by atoms with Crippen molar-refractivity contribution < 1.29 is 22.8 Å². The second-order valence-electron chi connectivity index (χ2n) is 7.29. The Hall–Kier alpha value is -4.13. The molecule has 33 heavy (non-hydrogen) atoms. The van der Waals surface area contributed by atoms with Gasteiger partial charge in [-0.3, -0.25) is 14.6 Å². The van der Waals surface area contributed by atoms with E-state index in [4.69, 9.17) is 11.0 Å². The third-order valence-corrected chi connectivity index (χ3v) is 5.14. The first-order chi connectivity index (χ1) is 15.7. The van der Waals surface area contributed by atoms with Gasteiger partial charge in [0.1, 0.15) is 6.54 Å². The summed E-state index contributed by atoms with van der Waals surface area (Å²) in [7, 11) is 1.40. The van der Waals surface area contributed by atoms with Crippen LogP contribution < -0.4 is 11.1 Å². The average Bonchev–Trinajstić information content (AvgIpc) is 2.78. The summed E-state index contributed by atoms with van der Waals surface area (Å²) in [6, 6.07) is 12.7. The van der Waals surface area contributed by atoms with E-state index in [0.29, 0.717) is 10.5 Å². The molecule has 0 aliphatic carbocycles. The molecular formula is C23H20F3N5O2. The maximum atomic E-state index is 13.5. The van der Waals surface area contributed by atoms with Crippen LogP contribution in [-0.2, 0) is 4.79 Å². The maximum absolute atomic E-state index is 13.5. The highest BCUT2D eigenvalue weighted by atomic mass is 19.4. The van der Waals surface area contributed by atoms with Gasteiger partial charge in [0, 0.05) is 36.3 Å². The minimum Gasteiger partial charge on any atom is -0.404 e. The molecule has 0 saturated carbocycles. The van der Waals surface area contributed by atoms with Crippen molar-refractivity contribution in [3.8, 4) is 6.07 Å². The van der Waals surface area contributed by atoms with E-state index in [1.807, 2.05) is 6.07 Å². The van der Waals surface area contributed by atoms with Crippen molar-refractivity contribution in [3.05, 3.63) is 77.0 Å². The number of hydrogen-bond acceptors (Lipinski definition) is 5. The van der Waals surface area contributed by atoms with Crippen LogP contribution in [0.15, 0.2) is 65.3 Å². The molecule has 1 aliphatic rings. The molecule has 2 aromatic carbocycles. The van der Waals surface area contributed by atoms with E-state index in [0.717, 1.165) is 6.20 Å². The SMILES string of the molecule is CN=CC(=CN)[C@@H]1[C@@H](C(=O)Nc2cccc(C#N)c2)c2ccccc2C(=O)N1CC(F)(F)F. The van der Waals surface area contributed by atoms with Gasteiger partial charge in [0.05, 0.1) is 23.6 Å². The third-order valence-electron chi connectivity index (χ3n) is 5.14. The monoisotopic (exact) mass is 455 g/mol. The van der Waals surface area contributed by atoms with Gasteiger partial charge in [-0.1, -0.05) is 24.3 Å². The zero-order valence-corrected chi connectivity index (χ0v) is 17.5. The quantitative estimate of drug-likeness (QED) is 0.675. The summed E-state index contributed by atoms with van der Waals surface area (Å²) in [5.74, 6) is -2.75. The number of nitriles is 1. The van der Waals surface area contributed by atoms with Gasteiger partial charge in [0.25, 0.3) is 5.91 Å². The summed E-state index contributed by atoms with van der Waals surface area (Å²) < 4.78 is 40.4. The first-order valence-corrected chi connectivity index (χ1v) is 9.81. The fourth-order valence-corrected chi connectivity index (χ4v) is 3.87. The Bertz CT molecular complexity index is 1170. The number of carbonyl (C=O) groups is 2. The van der Waals surface area contributed by atoms with E-state index in [-0.39, 0.29) is 22.4 Å². The fourth-order valence-electron chi connectivity index (χ4n) is 3.87. The van der Waals surface area contributed by atoms with Gasteiger partial charge < -0.3 is 16.0 Å². The van der Waals surface area contributed by atoms with Crippen LogP contribution >= 0.6 is 0 Å². The summed E-state index contributed by atoms with van der Waals surface area (Å²) in [5, 5.41) is 11.8. The Balaban J connectivity index is 2.17. The van der Waals surface area contributed by atoms with Gasteiger partial charge in [-0.05, 0) is 29.8 Å². The van der Waals surface area contributed by atoms with Crippen LogP contribution in [0.5, 0.6) is 0 Å². The van der Waals surface area contributed by atoms with Crippen LogP contribution in [0, 0.1) is 11.3 Å². The Morgan fingerprint density at radius 2 is 2.00 bits per heavy atom. The molecule has 2 aromatic rings. The van der Waals surface area contributed by atoms with Crippen LogP contribution in [0.25, 0.3) is 0 Å². The number of rotatable bonds is 5. The predicted molar refractivity (Wildman–Crippen MR) is 117 cm³/mol. The van der Waals surface area contributed by atoms with Crippen molar-refractivity contribution in [1.29, 1.82) is 5.26 Å². The van der Waals surface area contributed by atoms with Crippen molar-refractivity contribution in [2.75, 3.05) is 18.9 Å². The highest BCUT2D eigenvalue weighted by molar-refractivity contribution is 6.06. The largest absolute Gasteiger partial charge is 0.406 e. The zero-order valence-electron chi connectivity index (χ0n) is 17.5. The van der Waals surface area contributed by atoms with E-state index in [1.165, 1.54) is 37.5 Å². The molecule has 0 fully saturated rings. The van der Waals surface area contributed by atoms with Crippen LogP contribution in [-0.4, -0.2) is 48.7 Å². The Labute approximate surface area is 188 Å². The van der Waals surface area contributed by atoms with Crippen molar-refractivity contribution >= 4 is 23.7 Å². The molecule has 0 aromatic heterocycles. The van der Waals surface area contributed by atoms with Gasteiger partial charge >= 0.3 is 6.18 Å². The number of fused-ring (bicyclic) bond motifs is 1. The molecule has 170 valence electrons. The molecule has 10 heteroatoms. The first kappa shape index (κ1) is 23.5. The second kappa shape index (κ2) is 9.56. The number of halogens is 3. The van der Waals surface area contributed by atoms with Crippen LogP contribution in [0.4, 0.5) is 18.9 Å². The average molecular weight is 455 g/mol. The molecule has 0 unspecified atom stereocenters. The lowest BCUT2D eigenvalue weighted by Gasteiger charge is -2.42. The zero-order chi connectivity index (χ0) is 24.2. The summed E-state index contributed by atoms with van der Waals surface area (Å²) >= 11 is 0. The summed E-state index contributed by atoms with van der Waals surface area (Å²) in [6.07, 6.45) is -2.45. The van der Waals surface area contributed by atoms with Gasteiger partial charge in [0.2, 0.25) is 5.91 Å². The summed E-state index contributed by atoms with van der Waals surface area (Å²) in [5.41, 5.74) is 6.62. The molecule has 7 nitrogen and oxygen atoms in total. The van der Waals surface area contributed by atoms with E-state index >= 15 is 0 Å². The Kier molecular flexibility index (Phi) is 6.82. The van der Waals surface area contributed by atoms with Crippen molar-refractivity contribution in [2.45, 2.75) is 18.1 Å². The number of nitrogens with zero attached hydrogens (tertiary/aromatic N) is 3. The second-order valence-corrected chi connectivity index (χ2v) is 7.29. The fraction of sp³-hybridized carbons (Fsp3) is 0.217. The lowest BCUT2D eigenvalue weighted by molar-refractivity contribution is -0.146. The van der Waals surface area contributed by atoms with Gasteiger partial charge in [-0.2, -0.15) is 18.4 Å². The standard InChI is InChI=1S/C23H20F3N5O2/c1-29-12-15(11-28)20-19(21(32)30-16-6-4-5-14(9-16)10-27)17-7-2-3-8-18(17)22(33)31(20)13-23(24,25)26/h2-9,11-12,19-20H,13,28H2,1H3,(H,30,32)/t19-,20+/m0/s1. The Morgan fingerprint density at radius 1 is 1.27 bits per heavy atom. The lowest BCUT2D eigenvalue weighted by Crippen LogP contribution is -2.55. The normalized spacial score (nSPS) is 18.7. The van der Waals surface area contributed by atoms with Crippen molar-refractivity contribution in [2.24, 2.45) is 10.7 Å². The number of alkyl halides is 3. The molecular weight excluding hydrogens is 435 g/mol. The van der Waals surface area contributed by atoms with E-state index < -0.39 is 36.5 Å². The maximum Gasteiger partial charge on any atom is 0.406 e. The number of carbonyl (C=O) groups excluding carboxylic acids is 2. The van der Waals surface area contributed by atoms with Crippen molar-refractivity contribution in [1.82, 2.24) is 4.90 Å². The number of amides is 2. The minimum atomic E-state index is -4.72. The van der Waals surface area contributed by atoms with E-state index in [9.17, 15) is 22.8 Å². The lowest BCUT2D eigenvalue weighted by atomic mass is 9.79. The molecule has 3 rings (SSSR count). The van der Waals surface area contributed by atoms with Gasteiger partial charge in [0.15, 0.2) is 0 Å². The number of nitrogens with one attached hydrogen (secondary N) is 1. The van der Waals surface area contributed by atoms with Gasteiger partial charge in [-0.25, -0.2) is 0 Å². The highest BCUT2D eigenvalue weighted by Gasteiger charge is 2.48. The Morgan fingerprint density at radius 3 is 2.64 bits per heavy atom. The molecule has 0 spiro atoms.